The lowest BCUT2D eigenvalue weighted by atomic mass is 9.99. The summed E-state index contributed by atoms with van der Waals surface area (Å²) in [4.78, 5) is 9.31. The second-order valence-corrected chi connectivity index (χ2v) is 5.84. The summed E-state index contributed by atoms with van der Waals surface area (Å²) >= 11 is 0. The predicted molar refractivity (Wildman–Crippen MR) is 75.5 cm³/mol. The van der Waals surface area contributed by atoms with Crippen molar-refractivity contribution in [2.75, 3.05) is 39.0 Å². The Hall–Kier alpha value is -1.13. The van der Waals surface area contributed by atoms with Crippen molar-refractivity contribution in [1.82, 2.24) is 14.8 Å². The quantitative estimate of drug-likeness (QED) is 0.874. The second-order valence-electron chi connectivity index (χ2n) is 5.84. The lowest BCUT2D eigenvalue weighted by molar-refractivity contribution is 0.0406. The maximum absolute atomic E-state index is 5.64. The number of rotatable bonds is 3. The first-order valence-electron chi connectivity index (χ1n) is 6.61. The molecule has 100 valence electrons. The van der Waals surface area contributed by atoms with Crippen LogP contribution in [0, 0.1) is 0 Å². The van der Waals surface area contributed by atoms with Crippen molar-refractivity contribution >= 4 is 5.69 Å². The Kier molecular flexibility index (Phi) is 3.88. The maximum atomic E-state index is 5.64. The zero-order valence-corrected chi connectivity index (χ0v) is 11.7. The normalized spacial score (nSPS) is 21.1. The van der Waals surface area contributed by atoms with E-state index >= 15 is 0 Å². The molecule has 0 saturated carbocycles. The van der Waals surface area contributed by atoms with Gasteiger partial charge in [0.1, 0.15) is 0 Å². The Morgan fingerprint density at radius 3 is 2.72 bits per heavy atom. The van der Waals surface area contributed by atoms with Crippen LogP contribution in [0.5, 0.6) is 0 Å². The maximum Gasteiger partial charge on any atom is 0.0501 e. The third-order valence-corrected chi connectivity index (χ3v) is 3.93. The number of hydrogen-bond acceptors (Lipinski definition) is 4. The smallest absolute Gasteiger partial charge is 0.0501 e. The summed E-state index contributed by atoms with van der Waals surface area (Å²) in [5.74, 6) is 0. The third kappa shape index (κ3) is 3.21. The Morgan fingerprint density at radius 1 is 1.33 bits per heavy atom. The van der Waals surface area contributed by atoms with Gasteiger partial charge in [0.15, 0.2) is 0 Å². The minimum Gasteiger partial charge on any atom is -0.397 e. The minimum absolute atomic E-state index is 0.271. The monoisotopic (exact) mass is 248 g/mol. The zero-order valence-electron chi connectivity index (χ0n) is 11.7. The van der Waals surface area contributed by atoms with E-state index in [2.05, 4.69) is 35.7 Å². The molecule has 1 aliphatic heterocycles. The fourth-order valence-electron chi connectivity index (χ4n) is 2.39. The first kappa shape index (κ1) is 13.3. The Bertz CT molecular complexity index is 385. The van der Waals surface area contributed by atoms with Gasteiger partial charge in [-0.3, -0.25) is 14.8 Å². The molecule has 2 rings (SSSR count). The molecule has 0 spiro atoms. The van der Waals surface area contributed by atoms with Crippen LogP contribution >= 0.6 is 0 Å². The molecule has 1 fully saturated rings. The van der Waals surface area contributed by atoms with Crippen molar-refractivity contribution < 1.29 is 0 Å². The Labute approximate surface area is 110 Å². The minimum atomic E-state index is 0.271. The summed E-state index contributed by atoms with van der Waals surface area (Å²) in [5.41, 5.74) is 7.77. The zero-order chi connectivity index (χ0) is 13.2. The third-order valence-electron chi connectivity index (χ3n) is 3.93. The highest BCUT2D eigenvalue weighted by Gasteiger charge is 2.30. The van der Waals surface area contributed by atoms with Crippen molar-refractivity contribution in [3.05, 3.63) is 24.0 Å². The number of aromatic nitrogens is 1. The number of nitrogens with two attached hydrogens (primary N) is 1. The highest BCUT2D eigenvalue weighted by molar-refractivity contribution is 5.34. The second kappa shape index (κ2) is 5.24. The molecule has 1 aliphatic rings. The molecule has 0 aromatic carbocycles. The molecule has 1 saturated heterocycles. The van der Waals surface area contributed by atoms with Gasteiger partial charge in [-0.05, 0) is 33.0 Å². The largest absolute Gasteiger partial charge is 0.397 e. The number of likely N-dealkylation sites (N-methyl/N-ethyl adjacent to an activating group) is 1. The number of hydrogen-bond donors (Lipinski definition) is 1. The molecule has 1 aromatic heterocycles. The first-order valence-corrected chi connectivity index (χ1v) is 6.61. The molecule has 0 amide bonds. The van der Waals surface area contributed by atoms with Crippen molar-refractivity contribution in [2.45, 2.75) is 25.8 Å². The van der Waals surface area contributed by atoms with Crippen LogP contribution < -0.4 is 5.73 Å². The fourth-order valence-corrected chi connectivity index (χ4v) is 2.39. The first-order chi connectivity index (χ1) is 8.47. The predicted octanol–water partition coefficient (Wildman–Crippen LogP) is 1.23. The molecule has 0 bridgehead atoms. The summed E-state index contributed by atoms with van der Waals surface area (Å²) < 4.78 is 0. The van der Waals surface area contributed by atoms with Gasteiger partial charge in [-0.15, -0.1) is 0 Å². The molecule has 0 atom stereocenters. The highest BCUT2D eigenvalue weighted by atomic mass is 15.3. The summed E-state index contributed by atoms with van der Waals surface area (Å²) in [6.45, 7) is 9.10. The molecular weight excluding hydrogens is 224 g/mol. The number of pyridine rings is 1. The molecule has 4 heteroatoms. The standard InChI is InChI=1S/C14H24N4/c1-14(2)11-18(9-8-17(14)3)7-6-13-5-4-12(15)10-16-13/h4-5,10H,6-9,11,15H2,1-3H3. The van der Waals surface area contributed by atoms with Gasteiger partial charge in [0.25, 0.3) is 0 Å². The SMILES string of the molecule is CN1CCN(CCc2ccc(N)cn2)CC1(C)C. The molecule has 18 heavy (non-hydrogen) atoms. The highest BCUT2D eigenvalue weighted by Crippen LogP contribution is 2.18. The molecule has 0 radical (unpaired) electrons. The molecule has 0 aliphatic carbocycles. The Balaban J connectivity index is 1.86. The number of anilines is 1. The van der Waals surface area contributed by atoms with Crippen LogP contribution in [-0.4, -0.2) is 53.5 Å². The van der Waals surface area contributed by atoms with Crippen LogP contribution in [0.3, 0.4) is 0 Å². The van der Waals surface area contributed by atoms with Gasteiger partial charge in [-0.25, -0.2) is 0 Å². The molecule has 2 heterocycles. The summed E-state index contributed by atoms with van der Waals surface area (Å²) in [6, 6.07) is 3.95. The summed E-state index contributed by atoms with van der Waals surface area (Å²) in [6.07, 6.45) is 2.74. The average Bonchev–Trinajstić information content (AvgIpc) is 2.32. The van der Waals surface area contributed by atoms with Gasteiger partial charge >= 0.3 is 0 Å². The van der Waals surface area contributed by atoms with E-state index in [4.69, 9.17) is 5.73 Å². The van der Waals surface area contributed by atoms with Crippen molar-refractivity contribution in [1.29, 1.82) is 0 Å². The molecule has 1 aromatic rings. The van der Waals surface area contributed by atoms with Gasteiger partial charge < -0.3 is 5.73 Å². The van der Waals surface area contributed by atoms with Gasteiger partial charge in [0.2, 0.25) is 0 Å². The van der Waals surface area contributed by atoms with Crippen LogP contribution in [0.2, 0.25) is 0 Å². The topological polar surface area (TPSA) is 45.4 Å². The molecule has 0 unspecified atom stereocenters. The van der Waals surface area contributed by atoms with Crippen molar-refractivity contribution in [3.8, 4) is 0 Å². The van der Waals surface area contributed by atoms with E-state index in [-0.39, 0.29) is 5.54 Å². The average molecular weight is 248 g/mol. The van der Waals surface area contributed by atoms with E-state index in [0.29, 0.717) is 0 Å². The van der Waals surface area contributed by atoms with E-state index in [1.54, 1.807) is 6.20 Å². The molecular formula is C14H24N4. The van der Waals surface area contributed by atoms with E-state index < -0.39 is 0 Å². The van der Waals surface area contributed by atoms with Crippen LogP contribution in [0.4, 0.5) is 5.69 Å². The summed E-state index contributed by atoms with van der Waals surface area (Å²) in [5, 5.41) is 0. The van der Waals surface area contributed by atoms with Gasteiger partial charge in [-0.1, -0.05) is 0 Å². The molecule has 4 nitrogen and oxygen atoms in total. The van der Waals surface area contributed by atoms with Crippen LogP contribution in [0.1, 0.15) is 19.5 Å². The fraction of sp³-hybridized carbons (Fsp3) is 0.643. The van der Waals surface area contributed by atoms with Crippen LogP contribution in [-0.2, 0) is 6.42 Å². The van der Waals surface area contributed by atoms with Gasteiger partial charge in [0.05, 0.1) is 11.9 Å². The van der Waals surface area contributed by atoms with Crippen molar-refractivity contribution in [2.24, 2.45) is 0 Å². The summed E-state index contributed by atoms with van der Waals surface area (Å²) in [7, 11) is 2.21. The van der Waals surface area contributed by atoms with Gasteiger partial charge in [-0.2, -0.15) is 0 Å². The number of nitrogens with zero attached hydrogens (tertiary/aromatic N) is 3. The van der Waals surface area contributed by atoms with Crippen LogP contribution in [0.25, 0.3) is 0 Å². The molecule has 2 N–H and O–H groups in total. The van der Waals surface area contributed by atoms with E-state index in [1.807, 2.05) is 12.1 Å². The van der Waals surface area contributed by atoms with Crippen molar-refractivity contribution in [3.63, 3.8) is 0 Å². The number of piperazine rings is 1. The van der Waals surface area contributed by atoms with Crippen LogP contribution in [0.15, 0.2) is 18.3 Å². The Morgan fingerprint density at radius 2 is 2.11 bits per heavy atom. The van der Waals surface area contributed by atoms with Gasteiger partial charge in [0, 0.05) is 43.8 Å². The van der Waals surface area contributed by atoms with E-state index in [1.165, 1.54) is 0 Å². The van der Waals surface area contributed by atoms with E-state index in [9.17, 15) is 0 Å². The van der Waals surface area contributed by atoms with E-state index in [0.717, 1.165) is 44.0 Å². The lowest BCUT2D eigenvalue weighted by Crippen LogP contribution is -2.57. The number of nitrogen functional groups attached to an aromatic ring is 1. The lowest BCUT2D eigenvalue weighted by Gasteiger charge is -2.45.